The second kappa shape index (κ2) is 6.54. The molecule has 1 amide bonds. The van der Waals surface area contributed by atoms with Crippen LogP contribution in [0.25, 0.3) is 10.8 Å². The fourth-order valence-electron chi connectivity index (χ4n) is 2.47. The summed E-state index contributed by atoms with van der Waals surface area (Å²) in [4.78, 5) is 26.2. The third kappa shape index (κ3) is 3.12. The summed E-state index contributed by atoms with van der Waals surface area (Å²) < 4.78 is 0. The van der Waals surface area contributed by atoms with Crippen molar-refractivity contribution in [2.75, 3.05) is 19.0 Å². The number of nitrogens with one attached hydrogen (secondary N) is 2. The lowest BCUT2D eigenvalue weighted by atomic mass is 10.1. The Morgan fingerprint density at radius 1 is 1.08 bits per heavy atom. The average Bonchev–Trinajstić information content (AvgIpc) is 2.60. The molecule has 6 nitrogen and oxygen atoms in total. The van der Waals surface area contributed by atoms with Crippen molar-refractivity contribution >= 4 is 22.4 Å². The molecule has 3 aromatic rings. The van der Waals surface area contributed by atoms with Crippen LogP contribution in [0, 0.1) is 0 Å². The van der Waals surface area contributed by atoms with E-state index in [1.807, 2.05) is 43.3 Å². The summed E-state index contributed by atoms with van der Waals surface area (Å²) >= 11 is 0. The molecule has 0 atom stereocenters. The quantitative estimate of drug-likeness (QED) is 0.769. The number of amides is 1. The minimum Gasteiger partial charge on any atom is -0.378 e. The number of hydrogen-bond acceptors (Lipinski definition) is 4. The zero-order valence-corrected chi connectivity index (χ0v) is 13.5. The molecule has 1 heterocycles. The number of benzene rings is 2. The zero-order chi connectivity index (χ0) is 17.1. The van der Waals surface area contributed by atoms with Crippen LogP contribution < -0.4 is 15.8 Å². The molecule has 2 N–H and O–H groups in total. The first-order valence-electron chi connectivity index (χ1n) is 7.58. The molecule has 0 aliphatic heterocycles. The van der Waals surface area contributed by atoms with Crippen molar-refractivity contribution in [2.45, 2.75) is 6.54 Å². The summed E-state index contributed by atoms with van der Waals surface area (Å²) in [6.07, 6.45) is 0. The number of nitrogens with zero attached hydrogens (tertiary/aromatic N) is 2. The summed E-state index contributed by atoms with van der Waals surface area (Å²) in [6.45, 7) is 0.391. The van der Waals surface area contributed by atoms with E-state index in [9.17, 15) is 9.59 Å². The molecule has 2 aromatic carbocycles. The van der Waals surface area contributed by atoms with Gasteiger partial charge in [-0.2, -0.15) is 5.10 Å². The molecule has 0 bridgehead atoms. The van der Waals surface area contributed by atoms with Gasteiger partial charge < -0.3 is 10.2 Å². The SMILES string of the molecule is CN(C)c1ccc(CNC(=O)c2n[nH]c(=O)c3ccccc23)cc1. The van der Waals surface area contributed by atoms with Crippen LogP contribution in [0.2, 0.25) is 0 Å². The Hall–Kier alpha value is -3.15. The van der Waals surface area contributed by atoms with Crippen LogP contribution in [0.5, 0.6) is 0 Å². The van der Waals surface area contributed by atoms with Crippen molar-refractivity contribution in [2.24, 2.45) is 0 Å². The molecule has 0 spiro atoms. The van der Waals surface area contributed by atoms with Crippen molar-refractivity contribution in [3.63, 3.8) is 0 Å². The van der Waals surface area contributed by atoms with Crippen molar-refractivity contribution in [1.29, 1.82) is 0 Å². The third-order valence-corrected chi connectivity index (χ3v) is 3.82. The van der Waals surface area contributed by atoms with Crippen molar-refractivity contribution < 1.29 is 4.79 Å². The highest BCUT2D eigenvalue weighted by Crippen LogP contribution is 2.14. The molecule has 0 aliphatic rings. The molecule has 0 fully saturated rings. The lowest BCUT2D eigenvalue weighted by Gasteiger charge is -2.13. The van der Waals surface area contributed by atoms with Crippen LogP contribution >= 0.6 is 0 Å². The van der Waals surface area contributed by atoms with E-state index < -0.39 is 0 Å². The molecule has 6 heteroatoms. The van der Waals surface area contributed by atoms with Gasteiger partial charge in [0.1, 0.15) is 0 Å². The van der Waals surface area contributed by atoms with Gasteiger partial charge in [0, 0.05) is 31.7 Å². The fraction of sp³-hybridized carbons (Fsp3) is 0.167. The van der Waals surface area contributed by atoms with Crippen molar-refractivity contribution in [1.82, 2.24) is 15.5 Å². The number of carbonyl (C=O) groups excluding carboxylic acids is 1. The van der Waals surface area contributed by atoms with Crippen molar-refractivity contribution in [3.05, 3.63) is 70.1 Å². The van der Waals surface area contributed by atoms with Crippen molar-refractivity contribution in [3.8, 4) is 0 Å². The number of aromatic nitrogens is 2. The molecule has 0 aliphatic carbocycles. The Labute approximate surface area is 139 Å². The van der Waals surface area contributed by atoms with Gasteiger partial charge in [-0.3, -0.25) is 9.59 Å². The van der Waals surface area contributed by atoms with E-state index in [0.717, 1.165) is 11.3 Å². The average molecular weight is 322 g/mol. The van der Waals surface area contributed by atoms with Crippen LogP contribution in [-0.2, 0) is 6.54 Å². The Morgan fingerprint density at radius 2 is 1.75 bits per heavy atom. The van der Waals surface area contributed by atoms with Crippen LogP contribution in [0.3, 0.4) is 0 Å². The maximum absolute atomic E-state index is 12.4. The smallest absolute Gasteiger partial charge is 0.272 e. The van der Waals surface area contributed by atoms with E-state index in [1.54, 1.807) is 24.3 Å². The van der Waals surface area contributed by atoms with Gasteiger partial charge in [0.2, 0.25) is 0 Å². The van der Waals surface area contributed by atoms with Gasteiger partial charge in [-0.05, 0) is 23.8 Å². The first kappa shape index (κ1) is 15.7. The Bertz CT molecular complexity index is 930. The number of aromatic amines is 1. The van der Waals surface area contributed by atoms with Gasteiger partial charge in [0.15, 0.2) is 5.69 Å². The monoisotopic (exact) mass is 322 g/mol. The number of rotatable bonds is 4. The summed E-state index contributed by atoms with van der Waals surface area (Å²) in [7, 11) is 3.95. The second-order valence-corrected chi connectivity index (χ2v) is 5.69. The van der Waals surface area contributed by atoms with Crippen LogP contribution in [0.15, 0.2) is 53.3 Å². The summed E-state index contributed by atoms with van der Waals surface area (Å²) in [6, 6.07) is 14.9. The van der Waals surface area contributed by atoms with Crippen LogP contribution in [-0.4, -0.2) is 30.2 Å². The summed E-state index contributed by atoms with van der Waals surface area (Å²) in [5.41, 5.74) is 2.00. The topological polar surface area (TPSA) is 78.1 Å². The molecule has 122 valence electrons. The van der Waals surface area contributed by atoms with Gasteiger partial charge in [-0.25, -0.2) is 5.10 Å². The first-order valence-corrected chi connectivity index (χ1v) is 7.58. The highest BCUT2D eigenvalue weighted by Gasteiger charge is 2.13. The predicted molar refractivity (Wildman–Crippen MR) is 94.3 cm³/mol. The van der Waals surface area contributed by atoms with Crippen LogP contribution in [0.1, 0.15) is 16.1 Å². The second-order valence-electron chi connectivity index (χ2n) is 5.69. The van der Waals surface area contributed by atoms with Gasteiger partial charge in [0.25, 0.3) is 11.5 Å². The first-order chi connectivity index (χ1) is 11.6. The van der Waals surface area contributed by atoms with E-state index >= 15 is 0 Å². The summed E-state index contributed by atoms with van der Waals surface area (Å²) in [5, 5.41) is 10.1. The van der Waals surface area contributed by atoms with Gasteiger partial charge >= 0.3 is 0 Å². The Kier molecular flexibility index (Phi) is 4.29. The van der Waals surface area contributed by atoms with Gasteiger partial charge in [-0.15, -0.1) is 0 Å². The predicted octanol–water partition coefficient (Wildman–Crippen LogP) is 1.92. The van der Waals surface area contributed by atoms with Crippen LogP contribution in [0.4, 0.5) is 5.69 Å². The Morgan fingerprint density at radius 3 is 2.42 bits per heavy atom. The van der Waals surface area contributed by atoms with E-state index in [4.69, 9.17) is 0 Å². The van der Waals surface area contributed by atoms with E-state index in [2.05, 4.69) is 15.5 Å². The number of fused-ring (bicyclic) bond motifs is 1. The Balaban J connectivity index is 1.78. The maximum atomic E-state index is 12.4. The fourth-order valence-corrected chi connectivity index (χ4v) is 2.47. The van der Waals surface area contributed by atoms with Gasteiger partial charge in [-0.1, -0.05) is 30.3 Å². The number of anilines is 1. The minimum atomic E-state index is -0.320. The molecular weight excluding hydrogens is 304 g/mol. The minimum absolute atomic E-state index is 0.218. The lowest BCUT2D eigenvalue weighted by molar-refractivity contribution is 0.0946. The third-order valence-electron chi connectivity index (χ3n) is 3.82. The maximum Gasteiger partial charge on any atom is 0.272 e. The van der Waals surface area contributed by atoms with Gasteiger partial charge in [0.05, 0.1) is 5.39 Å². The molecule has 0 saturated carbocycles. The normalized spacial score (nSPS) is 10.6. The zero-order valence-electron chi connectivity index (χ0n) is 13.5. The standard InChI is InChI=1S/C18H18N4O2/c1-22(2)13-9-7-12(8-10-13)11-19-18(24)16-14-5-3-4-6-15(14)17(23)21-20-16/h3-10H,11H2,1-2H3,(H,19,24)(H,21,23). The molecule has 1 aromatic heterocycles. The number of H-pyrrole nitrogens is 1. The molecular formula is C18H18N4O2. The van der Waals surface area contributed by atoms with E-state index in [1.165, 1.54) is 0 Å². The molecule has 0 saturated heterocycles. The molecule has 24 heavy (non-hydrogen) atoms. The summed E-state index contributed by atoms with van der Waals surface area (Å²) in [5.74, 6) is -0.320. The lowest BCUT2D eigenvalue weighted by Crippen LogP contribution is -2.26. The number of hydrogen-bond donors (Lipinski definition) is 2. The van der Waals surface area contributed by atoms with E-state index in [-0.39, 0.29) is 17.2 Å². The molecule has 0 unspecified atom stereocenters. The highest BCUT2D eigenvalue weighted by atomic mass is 16.2. The molecule has 3 rings (SSSR count). The number of carbonyl (C=O) groups is 1. The molecule has 0 radical (unpaired) electrons. The largest absolute Gasteiger partial charge is 0.378 e. The van der Waals surface area contributed by atoms with E-state index in [0.29, 0.717) is 17.3 Å². The highest BCUT2D eigenvalue weighted by molar-refractivity contribution is 6.04.